The zero-order valence-electron chi connectivity index (χ0n) is 41.6. The van der Waals surface area contributed by atoms with Gasteiger partial charge in [-0.3, -0.25) is 33.9 Å². The van der Waals surface area contributed by atoms with Gasteiger partial charge in [0.25, 0.3) is 0 Å². The van der Waals surface area contributed by atoms with Gasteiger partial charge in [0.2, 0.25) is 0 Å². The first-order chi connectivity index (χ1) is 27.7. The van der Waals surface area contributed by atoms with Gasteiger partial charge in [-0.2, -0.15) is 0 Å². The molecule has 11 nitrogen and oxygen atoms in total. The molecule has 0 aromatic rings. The van der Waals surface area contributed by atoms with Crippen molar-refractivity contribution in [2.24, 2.45) is 46.8 Å². The van der Waals surface area contributed by atoms with E-state index in [4.69, 9.17) is 0 Å². The first kappa shape index (κ1) is 53.1. The van der Waals surface area contributed by atoms with Crippen LogP contribution in [0.25, 0.3) is 0 Å². The SMILES string of the molecule is CCCCCCCCCCC(C1CC(C)(C)N(C)C(C)(C)C1)C(C1CC(C)(C)N(C)C(C)(C)C1)(C1CC(C)(C)N(C)C(C)(C)C1)C(C(=O)O)C(C(=O)O)C(CC(=O)O)C(=O)O. The number of carboxylic acid groups (broad SMARTS) is 4. The van der Waals surface area contributed by atoms with E-state index in [2.05, 4.69) is 126 Å². The second kappa shape index (κ2) is 19.5. The molecule has 3 saturated heterocycles. The summed E-state index contributed by atoms with van der Waals surface area (Å²) in [7, 11) is 6.43. The third kappa shape index (κ3) is 11.4. The summed E-state index contributed by atoms with van der Waals surface area (Å²) >= 11 is 0. The maximum absolute atomic E-state index is 14.9. The molecule has 61 heavy (non-hydrogen) atoms. The number of unbranched alkanes of at least 4 members (excludes halogenated alkanes) is 7. The first-order valence-electron chi connectivity index (χ1n) is 23.9. The summed E-state index contributed by atoms with van der Waals surface area (Å²) in [6.45, 7) is 28.9. The Morgan fingerprint density at radius 1 is 0.525 bits per heavy atom. The van der Waals surface area contributed by atoms with Crippen LogP contribution in [0.5, 0.6) is 0 Å². The highest BCUT2D eigenvalue weighted by Crippen LogP contribution is 2.67. The molecule has 3 aliphatic rings. The molecular formula is C50H91N3O8. The van der Waals surface area contributed by atoms with Gasteiger partial charge in [-0.25, -0.2) is 0 Å². The maximum atomic E-state index is 14.9. The average molecular weight is 862 g/mol. The lowest BCUT2D eigenvalue weighted by Gasteiger charge is -2.68. The van der Waals surface area contributed by atoms with E-state index in [-0.39, 0.29) is 34.7 Å². The summed E-state index contributed by atoms with van der Waals surface area (Å²) in [5.41, 5.74) is -3.46. The molecule has 354 valence electrons. The van der Waals surface area contributed by atoms with Crippen LogP contribution in [0.15, 0.2) is 0 Å². The normalized spacial score (nSPS) is 25.6. The summed E-state index contributed by atoms with van der Waals surface area (Å²) in [5, 5.41) is 44.7. The number of carboxylic acids is 4. The lowest BCUT2D eigenvalue weighted by molar-refractivity contribution is -0.213. The number of piperidine rings is 3. The van der Waals surface area contributed by atoms with Crippen LogP contribution in [0.1, 0.15) is 193 Å². The third-order valence-corrected chi connectivity index (χ3v) is 17.5. The van der Waals surface area contributed by atoms with Gasteiger partial charge in [-0.15, -0.1) is 0 Å². The monoisotopic (exact) mass is 862 g/mol. The number of rotatable bonds is 21. The minimum atomic E-state index is -1.98. The van der Waals surface area contributed by atoms with E-state index in [0.717, 1.165) is 38.5 Å². The second-order valence-corrected chi connectivity index (χ2v) is 24.0. The number of hydrogen-bond acceptors (Lipinski definition) is 7. The largest absolute Gasteiger partial charge is 0.481 e. The van der Waals surface area contributed by atoms with Gasteiger partial charge in [0.15, 0.2) is 0 Å². The molecule has 0 aliphatic carbocycles. The first-order valence-corrected chi connectivity index (χ1v) is 23.9. The summed E-state index contributed by atoms with van der Waals surface area (Å²) in [4.78, 5) is 62.1. The van der Waals surface area contributed by atoms with E-state index < -0.39 is 75.6 Å². The number of hydrogen-bond donors (Lipinski definition) is 4. The van der Waals surface area contributed by atoms with Crippen LogP contribution in [0.2, 0.25) is 0 Å². The minimum Gasteiger partial charge on any atom is -0.481 e. The Labute approximate surface area is 371 Å². The highest BCUT2D eigenvalue weighted by atomic mass is 16.4. The van der Waals surface area contributed by atoms with Gasteiger partial charge in [0.1, 0.15) is 0 Å². The smallest absolute Gasteiger partial charge is 0.308 e. The summed E-state index contributed by atoms with van der Waals surface area (Å²) in [5.74, 6) is -12.4. The van der Waals surface area contributed by atoms with Gasteiger partial charge in [0.05, 0.1) is 24.2 Å². The van der Waals surface area contributed by atoms with Gasteiger partial charge in [-0.1, -0.05) is 58.3 Å². The minimum absolute atomic E-state index is 0.0124. The Kier molecular flexibility index (Phi) is 16.9. The van der Waals surface area contributed by atoms with Gasteiger partial charge in [-0.05, 0) is 178 Å². The fraction of sp³-hybridized carbons (Fsp3) is 0.920. The molecule has 0 saturated carbocycles. The Balaban J connectivity index is 2.65. The molecule has 0 radical (unpaired) electrons. The van der Waals surface area contributed by atoms with E-state index in [9.17, 15) is 39.6 Å². The van der Waals surface area contributed by atoms with E-state index in [1.807, 2.05) is 0 Å². The lowest BCUT2D eigenvalue weighted by Crippen LogP contribution is -2.70. The van der Waals surface area contributed by atoms with Crippen LogP contribution >= 0.6 is 0 Å². The number of aliphatic carboxylic acids is 4. The lowest BCUT2D eigenvalue weighted by atomic mass is 9.41. The standard InChI is InChI=1S/C50H91N3O8/c1-17-18-19-20-21-22-23-24-25-37(33-27-44(2,3)51(14)45(4,5)28-33)50(34-29-46(6,7)52(15)47(8,9)30-34,35-31-48(10,11)53(16)49(12,13)32-35)40(43(60)61)39(42(58)59)36(41(56)57)26-38(54)55/h33-37,39-40H,17-32H2,1-16H3,(H,54,55)(H,56,57)(H,58,59)(H,60,61). The highest BCUT2D eigenvalue weighted by molar-refractivity contribution is 5.88. The van der Waals surface area contributed by atoms with Gasteiger partial charge < -0.3 is 20.4 Å². The third-order valence-electron chi connectivity index (χ3n) is 17.5. The van der Waals surface area contributed by atoms with Crippen LogP contribution < -0.4 is 0 Å². The van der Waals surface area contributed by atoms with Crippen molar-refractivity contribution in [3.05, 3.63) is 0 Å². The molecule has 0 amide bonds. The van der Waals surface area contributed by atoms with E-state index in [1.165, 1.54) is 25.7 Å². The zero-order chi connectivity index (χ0) is 46.9. The van der Waals surface area contributed by atoms with Crippen molar-refractivity contribution in [1.29, 1.82) is 0 Å². The van der Waals surface area contributed by atoms with Crippen molar-refractivity contribution >= 4 is 23.9 Å². The molecule has 0 spiro atoms. The van der Waals surface area contributed by atoms with Crippen molar-refractivity contribution < 1.29 is 39.6 Å². The van der Waals surface area contributed by atoms with Crippen LogP contribution in [-0.4, -0.2) is 113 Å². The molecule has 3 heterocycles. The van der Waals surface area contributed by atoms with E-state index in [0.29, 0.717) is 32.1 Å². The van der Waals surface area contributed by atoms with Crippen LogP contribution in [-0.2, 0) is 19.2 Å². The molecule has 0 aromatic carbocycles. The Morgan fingerprint density at radius 2 is 0.869 bits per heavy atom. The molecule has 3 fully saturated rings. The molecule has 4 unspecified atom stereocenters. The average Bonchev–Trinajstić information content (AvgIpc) is 3.09. The predicted molar refractivity (Wildman–Crippen MR) is 245 cm³/mol. The summed E-state index contributed by atoms with van der Waals surface area (Å²) in [6, 6.07) is 0. The molecule has 3 rings (SSSR count). The Hall–Kier alpha value is -2.24. The van der Waals surface area contributed by atoms with Gasteiger partial charge in [0, 0.05) is 33.2 Å². The van der Waals surface area contributed by atoms with Crippen molar-refractivity contribution in [2.45, 2.75) is 226 Å². The van der Waals surface area contributed by atoms with E-state index in [1.54, 1.807) is 0 Å². The molecule has 4 atom stereocenters. The second-order valence-electron chi connectivity index (χ2n) is 24.0. The Morgan fingerprint density at radius 3 is 1.18 bits per heavy atom. The van der Waals surface area contributed by atoms with Gasteiger partial charge >= 0.3 is 23.9 Å². The number of nitrogens with zero attached hydrogens (tertiary/aromatic N) is 3. The number of carbonyl (C=O) groups is 4. The maximum Gasteiger partial charge on any atom is 0.308 e. The summed E-state index contributed by atoms with van der Waals surface area (Å²) < 4.78 is 0. The van der Waals surface area contributed by atoms with Crippen LogP contribution in [0, 0.1) is 46.8 Å². The Bertz CT molecular complexity index is 1440. The fourth-order valence-electron chi connectivity index (χ4n) is 14.0. The molecule has 0 bridgehead atoms. The highest BCUT2D eigenvalue weighted by Gasteiger charge is 2.68. The van der Waals surface area contributed by atoms with Crippen molar-refractivity contribution in [2.75, 3.05) is 21.1 Å². The van der Waals surface area contributed by atoms with Crippen molar-refractivity contribution in [3.63, 3.8) is 0 Å². The quantitative estimate of drug-likeness (QED) is 0.0814. The molecule has 3 aliphatic heterocycles. The molecule has 4 N–H and O–H groups in total. The molecular weight excluding hydrogens is 771 g/mol. The zero-order valence-corrected chi connectivity index (χ0v) is 41.6. The van der Waals surface area contributed by atoms with Crippen LogP contribution in [0.3, 0.4) is 0 Å². The van der Waals surface area contributed by atoms with Crippen molar-refractivity contribution in [1.82, 2.24) is 14.7 Å². The predicted octanol–water partition coefficient (Wildman–Crippen LogP) is 10.4. The molecule has 0 aromatic heterocycles. The molecule has 11 heteroatoms. The fourth-order valence-corrected chi connectivity index (χ4v) is 14.0. The topological polar surface area (TPSA) is 159 Å². The summed E-state index contributed by atoms with van der Waals surface area (Å²) in [6.07, 6.45) is 12.5. The van der Waals surface area contributed by atoms with Crippen molar-refractivity contribution in [3.8, 4) is 0 Å². The van der Waals surface area contributed by atoms with E-state index >= 15 is 0 Å². The van der Waals surface area contributed by atoms with Crippen LogP contribution in [0.4, 0.5) is 0 Å². The number of likely N-dealkylation sites (tertiary alicyclic amines) is 3.